The summed E-state index contributed by atoms with van der Waals surface area (Å²) < 4.78 is 83.0. The quantitative estimate of drug-likeness (QED) is 0.276. The van der Waals surface area contributed by atoms with Crippen molar-refractivity contribution in [2.45, 2.75) is 70.2 Å². The maximum Gasteiger partial charge on any atom is 0.452 e. The summed E-state index contributed by atoms with van der Waals surface area (Å²) in [5.74, 6) is -1.83. The van der Waals surface area contributed by atoms with Crippen molar-refractivity contribution in [2.24, 2.45) is 5.41 Å². The Morgan fingerprint density at radius 1 is 1.13 bits per heavy atom. The van der Waals surface area contributed by atoms with E-state index in [4.69, 9.17) is 9.47 Å². The Kier molecular flexibility index (Phi) is 7.76. The highest BCUT2D eigenvalue weighted by atomic mass is 32.2. The molecule has 0 bridgehead atoms. The Morgan fingerprint density at radius 3 is 2.57 bits per heavy atom. The number of nitrogens with zero attached hydrogens (tertiary/aromatic N) is 5. The number of ketones is 1. The SMILES string of the molecule is CC(=O)C(C)(C)[C@H](c1ccc(C)c(CN2C[C@]3(CCOC3)Oc3ncccc3S2(=O)=O)c1)c1ccn2c(C(F)(F)F)nnc2c1C. The van der Waals surface area contributed by atoms with Gasteiger partial charge in [0.05, 0.1) is 19.8 Å². The van der Waals surface area contributed by atoms with Crippen LogP contribution in [0.3, 0.4) is 0 Å². The van der Waals surface area contributed by atoms with Gasteiger partial charge in [0.15, 0.2) is 5.65 Å². The van der Waals surface area contributed by atoms with Crippen LogP contribution < -0.4 is 4.74 Å². The first-order valence-electron chi connectivity index (χ1n) is 14.8. The highest BCUT2D eigenvalue weighted by molar-refractivity contribution is 7.89. The Morgan fingerprint density at radius 2 is 1.89 bits per heavy atom. The van der Waals surface area contributed by atoms with Gasteiger partial charge >= 0.3 is 6.18 Å². The van der Waals surface area contributed by atoms with Crippen molar-refractivity contribution in [3.8, 4) is 5.88 Å². The van der Waals surface area contributed by atoms with Crippen LogP contribution in [0.25, 0.3) is 5.65 Å². The lowest BCUT2D eigenvalue weighted by molar-refractivity contribution is -0.145. The Bertz CT molecular complexity index is 1950. The first-order chi connectivity index (χ1) is 21.5. The second-order valence-electron chi connectivity index (χ2n) is 12.7. The molecule has 10 nitrogen and oxygen atoms in total. The number of hydrogen-bond acceptors (Lipinski definition) is 8. The molecule has 5 heterocycles. The summed E-state index contributed by atoms with van der Waals surface area (Å²) in [6, 6.07) is 10.2. The molecule has 3 aromatic heterocycles. The van der Waals surface area contributed by atoms with E-state index in [9.17, 15) is 26.4 Å². The first-order valence-corrected chi connectivity index (χ1v) is 16.2. The number of rotatable bonds is 6. The number of ether oxygens (including phenoxy) is 2. The second kappa shape index (κ2) is 11.1. The van der Waals surface area contributed by atoms with Crippen LogP contribution >= 0.6 is 0 Å². The van der Waals surface area contributed by atoms with Crippen molar-refractivity contribution in [1.82, 2.24) is 23.9 Å². The predicted octanol–water partition coefficient (Wildman–Crippen LogP) is 5.25. The number of hydrogen-bond donors (Lipinski definition) is 0. The monoisotopic (exact) mass is 657 g/mol. The van der Waals surface area contributed by atoms with Crippen molar-refractivity contribution in [2.75, 3.05) is 19.8 Å². The van der Waals surface area contributed by atoms with Gasteiger partial charge in [-0.3, -0.25) is 9.20 Å². The molecule has 0 amide bonds. The minimum atomic E-state index is -4.70. The smallest absolute Gasteiger partial charge is 0.452 e. The average molecular weight is 658 g/mol. The molecule has 14 heteroatoms. The fraction of sp³-hybridized carbons (Fsp3) is 0.438. The third-order valence-corrected chi connectivity index (χ3v) is 11.1. The van der Waals surface area contributed by atoms with Crippen LogP contribution in [0.2, 0.25) is 0 Å². The number of carbonyl (C=O) groups is 1. The molecule has 46 heavy (non-hydrogen) atoms. The maximum absolute atomic E-state index is 14.0. The van der Waals surface area contributed by atoms with E-state index in [1.54, 1.807) is 32.9 Å². The number of carbonyl (C=O) groups excluding carboxylic acids is 1. The van der Waals surface area contributed by atoms with Crippen LogP contribution in [-0.2, 0) is 32.3 Å². The molecule has 2 aliphatic rings. The van der Waals surface area contributed by atoms with E-state index in [0.717, 1.165) is 9.96 Å². The van der Waals surface area contributed by atoms with Crippen molar-refractivity contribution in [1.29, 1.82) is 0 Å². The van der Waals surface area contributed by atoms with E-state index in [1.807, 2.05) is 25.1 Å². The molecule has 1 fully saturated rings. The fourth-order valence-electron chi connectivity index (χ4n) is 6.39. The average Bonchev–Trinajstić information content (AvgIpc) is 3.61. The summed E-state index contributed by atoms with van der Waals surface area (Å²) >= 11 is 0. The molecule has 1 spiro atoms. The summed E-state index contributed by atoms with van der Waals surface area (Å²) in [6.07, 6.45) is -1.45. The second-order valence-corrected chi connectivity index (χ2v) is 14.6. The van der Waals surface area contributed by atoms with Crippen molar-refractivity contribution in [3.05, 3.63) is 82.4 Å². The Balaban J connectivity index is 1.46. The number of aromatic nitrogens is 4. The summed E-state index contributed by atoms with van der Waals surface area (Å²) in [5.41, 5.74) is 1.42. The number of fused-ring (bicyclic) bond motifs is 2. The van der Waals surface area contributed by atoms with Crippen LogP contribution in [0.4, 0.5) is 13.2 Å². The minimum Gasteiger partial charge on any atom is -0.466 e. The first kappa shape index (κ1) is 32.1. The zero-order chi connectivity index (χ0) is 33.2. The fourth-order valence-corrected chi connectivity index (χ4v) is 7.95. The number of Topliss-reactive ketones (excluding diaryl/α,β-unsaturated/α-hetero) is 1. The number of halogens is 3. The highest BCUT2D eigenvalue weighted by Gasteiger charge is 2.47. The van der Waals surface area contributed by atoms with Gasteiger partial charge in [-0.2, -0.15) is 17.5 Å². The topological polar surface area (TPSA) is 116 Å². The van der Waals surface area contributed by atoms with E-state index in [-0.39, 0.29) is 41.9 Å². The van der Waals surface area contributed by atoms with Crippen LogP contribution in [0.5, 0.6) is 5.88 Å². The molecule has 1 saturated heterocycles. The number of aryl methyl sites for hydroxylation is 2. The summed E-state index contributed by atoms with van der Waals surface area (Å²) in [4.78, 5) is 17.3. The number of sulfonamides is 1. The number of alkyl halides is 3. The molecule has 2 aliphatic heterocycles. The molecule has 4 aromatic rings. The zero-order valence-electron chi connectivity index (χ0n) is 26.1. The largest absolute Gasteiger partial charge is 0.466 e. The van der Waals surface area contributed by atoms with Crippen LogP contribution in [0.1, 0.15) is 66.8 Å². The van der Waals surface area contributed by atoms with Gasteiger partial charge in [0.25, 0.3) is 0 Å². The van der Waals surface area contributed by atoms with E-state index < -0.39 is 39.0 Å². The molecular weight excluding hydrogens is 623 g/mol. The predicted molar refractivity (Wildman–Crippen MR) is 161 cm³/mol. The van der Waals surface area contributed by atoms with Gasteiger partial charge in [0.2, 0.25) is 21.7 Å². The lowest BCUT2D eigenvalue weighted by atomic mass is 9.68. The lowest BCUT2D eigenvalue weighted by Crippen LogP contribution is -2.47. The third-order valence-electron chi connectivity index (χ3n) is 9.31. The van der Waals surface area contributed by atoms with Crippen LogP contribution in [0.15, 0.2) is 53.7 Å². The van der Waals surface area contributed by atoms with Gasteiger partial charge in [-0.25, -0.2) is 13.4 Å². The summed E-state index contributed by atoms with van der Waals surface area (Å²) in [5, 5.41) is 7.23. The molecule has 6 rings (SSSR count). The van der Waals surface area contributed by atoms with Crippen molar-refractivity contribution < 1.29 is 35.9 Å². The third kappa shape index (κ3) is 5.35. The molecule has 0 saturated carbocycles. The molecule has 0 aliphatic carbocycles. The number of benzene rings is 1. The van der Waals surface area contributed by atoms with Gasteiger partial charge in [-0.1, -0.05) is 32.0 Å². The Labute approximate surface area is 264 Å². The molecular formula is C32H34F3N5O5S. The summed E-state index contributed by atoms with van der Waals surface area (Å²) in [7, 11) is -4.04. The van der Waals surface area contributed by atoms with E-state index in [0.29, 0.717) is 35.3 Å². The van der Waals surface area contributed by atoms with Crippen molar-refractivity contribution in [3.63, 3.8) is 0 Å². The molecule has 0 radical (unpaired) electrons. The van der Waals surface area contributed by atoms with Gasteiger partial charge in [-0.05, 0) is 66.8 Å². The molecule has 0 N–H and O–H groups in total. The lowest BCUT2D eigenvalue weighted by Gasteiger charge is -2.35. The molecule has 1 aromatic carbocycles. The zero-order valence-corrected chi connectivity index (χ0v) is 26.9. The highest BCUT2D eigenvalue weighted by Crippen LogP contribution is 2.45. The Hall–Kier alpha value is -3.88. The standard InChI is InChI=1S/C32H34F3N5O5S/c1-19-8-9-22(26(30(4,5)21(3)41)24-10-13-40-27(20(24)2)37-38-29(40)32(33,34)35)15-23(19)16-39-17-31(11-14-44-18-31)45-28-25(46(39,42)43)7-6-12-36-28/h6-10,12-13,15,26H,11,14,16-18H2,1-5H3/t26-,31+/m1/s1. The summed E-state index contributed by atoms with van der Waals surface area (Å²) in [6.45, 7) is 9.28. The van der Waals surface area contributed by atoms with Crippen LogP contribution in [-0.4, -0.2) is 63.4 Å². The van der Waals surface area contributed by atoms with Gasteiger partial charge in [0.1, 0.15) is 16.3 Å². The van der Waals surface area contributed by atoms with Gasteiger partial charge in [-0.15, -0.1) is 10.2 Å². The minimum absolute atomic E-state index is 0.00576. The van der Waals surface area contributed by atoms with Crippen molar-refractivity contribution >= 4 is 21.5 Å². The maximum atomic E-state index is 14.0. The normalized spacial score (nSPS) is 20.8. The molecule has 0 unspecified atom stereocenters. The molecule has 2 atom stereocenters. The van der Waals surface area contributed by atoms with Crippen LogP contribution in [0, 0.1) is 19.3 Å². The van der Waals surface area contributed by atoms with Gasteiger partial charge in [0, 0.05) is 36.7 Å². The van der Waals surface area contributed by atoms with E-state index in [1.165, 1.54) is 29.7 Å². The van der Waals surface area contributed by atoms with Gasteiger partial charge < -0.3 is 9.47 Å². The van der Waals surface area contributed by atoms with E-state index >= 15 is 0 Å². The number of pyridine rings is 2. The molecule has 244 valence electrons. The van der Waals surface area contributed by atoms with E-state index in [2.05, 4.69) is 15.2 Å².